The van der Waals surface area contributed by atoms with Crippen LogP contribution in [0.1, 0.15) is 18.6 Å². The van der Waals surface area contributed by atoms with Crippen LogP contribution in [0.2, 0.25) is 5.02 Å². The summed E-state index contributed by atoms with van der Waals surface area (Å²) in [6, 6.07) is 7.60. The molecule has 0 atom stereocenters. The van der Waals surface area contributed by atoms with E-state index in [1.807, 2.05) is 38.1 Å². The molecule has 1 saturated heterocycles. The standard InChI is InChI=1S/C21H25ClN8/c1-4-18-25-20(28-21(26-18)30-11-9-29(3)10-12-30)27-19-17(13-23-14(2)24-19)15-5-7-16(22)8-6-15/h5-8,13H,4,9-12H2,1-3H3,(H,23,24,25,26,27,28). The van der Waals surface area contributed by atoms with E-state index in [1.54, 1.807) is 6.20 Å². The van der Waals surface area contributed by atoms with E-state index in [0.29, 0.717) is 28.6 Å². The summed E-state index contributed by atoms with van der Waals surface area (Å²) in [6.07, 6.45) is 2.53. The number of rotatable bonds is 5. The van der Waals surface area contributed by atoms with Gasteiger partial charge < -0.3 is 15.1 Å². The van der Waals surface area contributed by atoms with Gasteiger partial charge in [0.15, 0.2) is 0 Å². The number of anilines is 3. The number of piperazine rings is 1. The Morgan fingerprint density at radius 3 is 2.43 bits per heavy atom. The molecule has 8 nitrogen and oxygen atoms in total. The van der Waals surface area contributed by atoms with Gasteiger partial charge in [-0.25, -0.2) is 9.97 Å². The average Bonchev–Trinajstić information content (AvgIpc) is 2.75. The monoisotopic (exact) mass is 424 g/mol. The molecule has 1 aromatic carbocycles. The molecular weight excluding hydrogens is 400 g/mol. The zero-order valence-electron chi connectivity index (χ0n) is 17.4. The molecule has 0 spiro atoms. The van der Waals surface area contributed by atoms with Crippen LogP contribution in [0.3, 0.4) is 0 Å². The quantitative estimate of drug-likeness (QED) is 0.667. The highest BCUT2D eigenvalue weighted by Gasteiger charge is 2.19. The van der Waals surface area contributed by atoms with Crippen molar-refractivity contribution in [1.29, 1.82) is 0 Å². The van der Waals surface area contributed by atoms with Crippen molar-refractivity contribution in [3.8, 4) is 11.1 Å². The first kappa shape index (κ1) is 20.4. The Hall–Kier alpha value is -2.84. The third kappa shape index (κ3) is 4.66. The smallest absolute Gasteiger partial charge is 0.233 e. The number of benzene rings is 1. The van der Waals surface area contributed by atoms with Gasteiger partial charge in [-0.2, -0.15) is 15.0 Å². The molecule has 0 saturated carbocycles. The largest absolute Gasteiger partial charge is 0.338 e. The molecule has 0 bridgehead atoms. The normalized spacial score (nSPS) is 14.7. The molecule has 3 aromatic rings. The Labute approximate surface area is 181 Å². The summed E-state index contributed by atoms with van der Waals surface area (Å²) in [5.41, 5.74) is 1.82. The van der Waals surface area contributed by atoms with Crippen LogP contribution in [0.25, 0.3) is 11.1 Å². The van der Waals surface area contributed by atoms with Gasteiger partial charge in [0.2, 0.25) is 11.9 Å². The molecule has 0 radical (unpaired) electrons. The average molecular weight is 425 g/mol. The van der Waals surface area contributed by atoms with Gasteiger partial charge in [-0.1, -0.05) is 30.7 Å². The van der Waals surface area contributed by atoms with Crippen molar-refractivity contribution in [2.24, 2.45) is 0 Å². The van der Waals surface area contributed by atoms with Crippen LogP contribution >= 0.6 is 11.6 Å². The van der Waals surface area contributed by atoms with Gasteiger partial charge in [-0.05, 0) is 31.7 Å². The summed E-state index contributed by atoms with van der Waals surface area (Å²) in [5, 5.41) is 3.99. The second-order valence-corrected chi connectivity index (χ2v) is 7.77. The summed E-state index contributed by atoms with van der Waals surface area (Å²) >= 11 is 6.05. The van der Waals surface area contributed by atoms with E-state index in [0.717, 1.165) is 49.6 Å². The van der Waals surface area contributed by atoms with E-state index in [2.05, 4.69) is 42.1 Å². The molecule has 2 aromatic heterocycles. The molecule has 0 amide bonds. The Morgan fingerprint density at radius 2 is 1.73 bits per heavy atom. The number of nitrogens with one attached hydrogen (secondary N) is 1. The van der Waals surface area contributed by atoms with Crippen LogP contribution in [0.4, 0.5) is 17.7 Å². The second kappa shape index (κ2) is 8.89. The Balaban J connectivity index is 1.68. The lowest BCUT2D eigenvalue weighted by Gasteiger charge is -2.32. The first-order valence-corrected chi connectivity index (χ1v) is 10.4. The van der Waals surface area contributed by atoms with E-state index in [9.17, 15) is 0 Å². The molecule has 1 aliphatic heterocycles. The maximum atomic E-state index is 6.05. The van der Waals surface area contributed by atoms with Gasteiger partial charge in [0.25, 0.3) is 0 Å². The van der Waals surface area contributed by atoms with Gasteiger partial charge in [0, 0.05) is 49.4 Å². The minimum atomic E-state index is 0.490. The third-order valence-corrected chi connectivity index (χ3v) is 5.32. The lowest BCUT2D eigenvalue weighted by atomic mass is 10.1. The molecule has 0 aliphatic carbocycles. The molecule has 30 heavy (non-hydrogen) atoms. The number of halogens is 1. The molecule has 156 valence electrons. The zero-order valence-corrected chi connectivity index (χ0v) is 18.2. The van der Waals surface area contributed by atoms with Gasteiger partial charge >= 0.3 is 0 Å². The summed E-state index contributed by atoms with van der Waals surface area (Å²) in [4.78, 5) is 27.4. The predicted octanol–water partition coefficient (Wildman–Crippen LogP) is 3.35. The first-order chi connectivity index (χ1) is 14.5. The van der Waals surface area contributed by atoms with Crippen molar-refractivity contribution in [1.82, 2.24) is 29.8 Å². The molecule has 1 fully saturated rings. The number of likely N-dealkylation sites (N-methyl/N-ethyl adjacent to an activating group) is 1. The van der Waals surface area contributed by atoms with E-state index in [4.69, 9.17) is 16.6 Å². The molecule has 3 heterocycles. The number of hydrogen-bond donors (Lipinski definition) is 1. The highest BCUT2D eigenvalue weighted by Crippen LogP contribution is 2.29. The van der Waals surface area contributed by atoms with Gasteiger partial charge in [-0.15, -0.1) is 0 Å². The summed E-state index contributed by atoms with van der Waals surface area (Å²) in [7, 11) is 2.13. The minimum Gasteiger partial charge on any atom is -0.338 e. The summed E-state index contributed by atoms with van der Waals surface area (Å²) in [6.45, 7) is 7.67. The van der Waals surface area contributed by atoms with Crippen molar-refractivity contribution in [2.75, 3.05) is 43.4 Å². The number of nitrogens with zero attached hydrogens (tertiary/aromatic N) is 7. The van der Waals surface area contributed by atoms with Crippen LogP contribution in [-0.4, -0.2) is 63.0 Å². The molecule has 1 aliphatic rings. The number of aromatic nitrogens is 5. The van der Waals surface area contributed by atoms with Crippen molar-refractivity contribution in [3.63, 3.8) is 0 Å². The first-order valence-electron chi connectivity index (χ1n) is 10.1. The Bertz CT molecular complexity index is 1020. The SMILES string of the molecule is CCc1nc(Nc2nc(C)ncc2-c2ccc(Cl)cc2)nc(N2CCN(C)CC2)n1. The fraction of sp³-hybridized carbons (Fsp3) is 0.381. The lowest BCUT2D eigenvalue weighted by Crippen LogP contribution is -2.45. The van der Waals surface area contributed by atoms with Crippen LogP contribution in [-0.2, 0) is 6.42 Å². The van der Waals surface area contributed by atoms with E-state index < -0.39 is 0 Å². The fourth-order valence-corrected chi connectivity index (χ4v) is 3.41. The molecule has 4 rings (SSSR count). The minimum absolute atomic E-state index is 0.490. The van der Waals surface area contributed by atoms with E-state index in [1.165, 1.54) is 0 Å². The van der Waals surface area contributed by atoms with E-state index in [-0.39, 0.29) is 0 Å². The maximum absolute atomic E-state index is 6.05. The number of aryl methyl sites for hydroxylation is 2. The van der Waals surface area contributed by atoms with Gasteiger partial charge in [-0.3, -0.25) is 0 Å². The van der Waals surface area contributed by atoms with Crippen molar-refractivity contribution in [3.05, 3.63) is 47.1 Å². The van der Waals surface area contributed by atoms with Crippen LogP contribution in [0.5, 0.6) is 0 Å². The lowest BCUT2D eigenvalue weighted by molar-refractivity contribution is 0.311. The predicted molar refractivity (Wildman–Crippen MR) is 119 cm³/mol. The van der Waals surface area contributed by atoms with Crippen molar-refractivity contribution < 1.29 is 0 Å². The molecule has 0 unspecified atom stereocenters. The van der Waals surface area contributed by atoms with Crippen molar-refractivity contribution in [2.45, 2.75) is 20.3 Å². The fourth-order valence-electron chi connectivity index (χ4n) is 3.28. The van der Waals surface area contributed by atoms with Crippen molar-refractivity contribution >= 4 is 29.3 Å². The highest BCUT2D eigenvalue weighted by atomic mass is 35.5. The van der Waals surface area contributed by atoms with Crippen LogP contribution in [0, 0.1) is 6.92 Å². The molecular formula is C21H25ClN8. The highest BCUT2D eigenvalue weighted by molar-refractivity contribution is 6.30. The van der Waals surface area contributed by atoms with Gasteiger partial charge in [0.05, 0.1) is 0 Å². The topological polar surface area (TPSA) is 83.0 Å². The molecule has 9 heteroatoms. The van der Waals surface area contributed by atoms with Crippen LogP contribution < -0.4 is 10.2 Å². The third-order valence-electron chi connectivity index (χ3n) is 5.07. The zero-order chi connectivity index (χ0) is 21.1. The summed E-state index contributed by atoms with van der Waals surface area (Å²) in [5.74, 6) is 3.27. The summed E-state index contributed by atoms with van der Waals surface area (Å²) < 4.78 is 0. The second-order valence-electron chi connectivity index (χ2n) is 7.33. The number of hydrogen-bond acceptors (Lipinski definition) is 8. The van der Waals surface area contributed by atoms with E-state index >= 15 is 0 Å². The van der Waals surface area contributed by atoms with Crippen LogP contribution in [0.15, 0.2) is 30.5 Å². The van der Waals surface area contributed by atoms with Gasteiger partial charge in [0.1, 0.15) is 17.5 Å². The molecule has 1 N–H and O–H groups in total. The maximum Gasteiger partial charge on any atom is 0.233 e. The Kier molecular flexibility index (Phi) is 6.06. The Morgan fingerprint density at radius 1 is 1.00 bits per heavy atom.